The molecule has 2 aromatic rings. The van der Waals surface area contributed by atoms with Gasteiger partial charge in [-0.05, 0) is 53.9 Å². The van der Waals surface area contributed by atoms with Crippen molar-refractivity contribution in [3.63, 3.8) is 0 Å². The lowest BCUT2D eigenvalue weighted by molar-refractivity contribution is 0.0310. The zero-order valence-corrected chi connectivity index (χ0v) is 15.8. The first-order valence-corrected chi connectivity index (χ1v) is 9.71. The summed E-state index contributed by atoms with van der Waals surface area (Å²) in [5.41, 5.74) is 1.73. The molecule has 0 aromatic heterocycles. The molecule has 1 aliphatic heterocycles. The maximum absolute atomic E-state index is 11.3. The number of nitrogens with zero attached hydrogens (tertiary/aromatic N) is 1. The minimum Gasteiger partial charge on any atom is -0.497 e. The number of aliphatic hydroxyl groups is 1. The Balaban J connectivity index is 1.39. The van der Waals surface area contributed by atoms with Gasteiger partial charge in [0.2, 0.25) is 0 Å². The molecule has 138 valence electrons. The van der Waals surface area contributed by atoms with Crippen molar-refractivity contribution in [2.75, 3.05) is 26.7 Å². The van der Waals surface area contributed by atoms with E-state index in [1.165, 1.54) is 5.56 Å². The number of fused-ring (bicyclic) bond motifs is 1. The molecule has 1 unspecified atom stereocenters. The smallest absolute Gasteiger partial charge is 0.119 e. The van der Waals surface area contributed by atoms with E-state index in [1.54, 1.807) is 7.11 Å². The fourth-order valence-corrected chi connectivity index (χ4v) is 5.02. The Bertz CT molecular complexity index is 731. The van der Waals surface area contributed by atoms with Gasteiger partial charge in [-0.25, -0.2) is 0 Å². The Labute approximate surface area is 156 Å². The van der Waals surface area contributed by atoms with E-state index in [1.807, 2.05) is 24.3 Å². The lowest BCUT2D eigenvalue weighted by Gasteiger charge is -2.27. The molecule has 2 fully saturated rings. The lowest BCUT2D eigenvalue weighted by Crippen LogP contribution is -2.30. The van der Waals surface area contributed by atoms with Crippen LogP contribution >= 0.6 is 0 Å². The van der Waals surface area contributed by atoms with Crippen molar-refractivity contribution < 1.29 is 9.84 Å². The van der Waals surface area contributed by atoms with Gasteiger partial charge < -0.3 is 14.7 Å². The molecule has 0 bridgehead atoms. The van der Waals surface area contributed by atoms with Crippen LogP contribution in [0.15, 0.2) is 54.6 Å². The van der Waals surface area contributed by atoms with Crippen molar-refractivity contribution in [3.05, 3.63) is 65.7 Å². The molecule has 1 N–H and O–H groups in total. The van der Waals surface area contributed by atoms with Crippen molar-refractivity contribution in [1.29, 1.82) is 0 Å². The summed E-state index contributed by atoms with van der Waals surface area (Å²) in [6.45, 7) is 5.63. The molecule has 1 heterocycles. The van der Waals surface area contributed by atoms with Crippen LogP contribution in [0, 0.1) is 11.8 Å². The van der Waals surface area contributed by atoms with Gasteiger partial charge in [-0.3, -0.25) is 0 Å². The average Bonchev–Trinajstić information content (AvgIpc) is 3.17. The standard InChI is InChI=1S/C23H29NO2/c1-17(18-7-4-3-5-8-18)14-24-15-19-12-23(25,13-20(19)16-24)21-9-6-10-22(11-21)26-2/h3-11,17,19-20,25H,12-16H2,1-2H3/t17?,19-,20+,23-. The zero-order chi connectivity index (χ0) is 18.1. The highest BCUT2D eigenvalue weighted by Crippen LogP contribution is 2.49. The Morgan fingerprint density at radius 2 is 1.77 bits per heavy atom. The van der Waals surface area contributed by atoms with E-state index >= 15 is 0 Å². The second-order valence-electron chi connectivity index (χ2n) is 8.22. The van der Waals surface area contributed by atoms with Crippen LogP contribution < -0.4 is 4.74 Å². The van der Waals surface area contributed by atoms with Crippen LogP contribution in [0.5, 0.6) is 5.75 Å². The van der Waals surface area contributed by atoms with Crippen LogP contribution in [0.3, 0.4) is 0 Å². The number of hydrogen-bond acceptors (Lipinski definition) is 3. The molecule has 4 rings (SSSR count). The van der Waals surface area contributed by atoms with E-state index in [0.29, 0.717) is 17.8 Å². The second-order valence-corrected chi connectivity index (χ2v) is 8.22. The van der Waals surface area contributed by atoms with Gasteiger partial charge in [-0.2, -0.15) is 0 Å². The van der Waals surface area contributed by atoms with E-state index in [4.69, 9.17) is 4.74 Å². The van der Waals surface area contributed by atoms with Crippen LogP contribution in [-0.4, -0.2) is 36.8 Å². The molecule has 0 spiro atoms. The average molecular weight is 351 g/mol. The first-order chi connectivity index (χ1) is 12.6. The molecule has 26 heavy (non-hydrogen) atoms. The molecule has 1 saturated heterocycles. The molecule has 1 saturated carbocycles. The highest BCUT2D eigenvalue weighted by molar-refractivity contribution is 5.33. The van der Waals surface area contributed by atoms with Gasteiger partial charge in [0.15, 0.2) is 0 Å². The first-order valence-electron chi connectivity index (χ1n) is 9.71. The summed E-state index contributed by atoms with van der Waals surface area (Å²) in [4.78, 5) is 2.60. The van der Waals surface area contributed by atoms with Gasteiger partial charge in [0.25, 0.3) is 0 Å². The molecule has 1 aliphatic carbocycles. The normalized spacial score (nSPS) is 29.5. The summed E-state index contributed by atoms with van der Waals surface area (Å²) in [5, 5.41) is 11.3. The summed E-state index contributed by atoms with van der Waals surface area (Å²) >= 11 is 0. The van der Waals surface area contributed by atoms with Crippen LogP contribution in [0.25, 0.3) is 0 Å². The van der Waals surface area contributed by atoms with Crippen LogP contribution in [0.2, 0.25) is 0 Å². The minimum atomic E-state index is -0.693. The maximum atomic E-state index is 11.3. The maximum Gasteiger partial charge on any atom is 0.119 e. The number of ether oxygens (including phenoxy) is 1. The minimum absolute atomic E-state index is 0.548. The van der Waals surface area contributed by atoms with Crippen LogP contribution in [-0.2, 0) is 5.60 Å². The van der Waals surface area contributed by atoms with E-state index < -0.39 is 5.60 Å². The van der Waals surface area contributed by atoms with Gasteiger partial charge in [0.1, 0.15) is 5.75 Å². The van der Waals surface area contributed by atoms with E-state index in [9.17, 15) is 5.11 Å². The van der Waals surface area contributed by atoms with Crippen molar-refractivity contribution >= 4 is 0 Å². The second kappa shape index (κ2) is 7.05. The third-order valence-corrected chi connectivity index (χ3v) is 6.36. The predicted octanol–water partition coefficient (Wildman–Crippen LogP) is 4.03. The van der Waals surface area contributed by atoms with E-state index in [-0.39, 0.29) is 0 Å². The van der Waals surface area contributed by atoms with Crippen LogP contribution in [0.1, 0.15) is 36.8 Å². The first kappa shape index (κ1) is 17.6. The molecule has 2 aliphatic rings. The predicted molar refractivity (Wildman–Crippen MR) is 104 cm³/mol. The third-order valence-electron chi connectivity index (χ3n) is 6.36. The molecule has 4 atom stereocenters. The Morgan fingerprint density at radius 3 is 2.42 bits per heavy atom. The fourth-order valence-electron chi connectivity index (χ4n) is 5.02. The van der Waals surface area contributed by atoms with E-state index in [2.05, 4.69) is 42.2 Å². The number of likely N-dealkylation sites (tertiary alicyclic amines) is 1. The third kappa shape index (κ3) is 3.38. The van der Waals surface area contributed by atoms with E-state index in [0.717, 1.165) is 43.8 Å². The fraction of sp³-hybridized carbons (Fsp3) is 0.478. The number of benzene rings is 2. The highest BCUT2D eigenvalue weighted by Gasteiger charge is 2.49. The summed E-state index contributed by atoms with van der Waals surface area (Å²) < 4.78 is 5.34. The number of hydrogen-bond donors (Lipinski definition) is 1. The number of methoxy groups -OCH3 is 1. The highest BCUT2D eigenvalue weighted by atomic mass is 16.5. The summed E-state index contributed by atoms with van der Waals surface area (Å²) in [7, 11) is 1.68. The monoisotopic (exact) mass is 351 g/mol. The molecule has 3 heteroatoms. The molecule has 2 aromatic carbocycles. The SMILES string of the molecule is COc1cccc([C@]2(O)C[C@H]3CN(CC(C)c4ccccc4)C[C@H]3C2)c1. The van der Waals surface area contributed by atoms with Crippen LogP contribution in [0.4, 0.5) is 0 Å². The van der Waals surface area contributed by atoms with Crippen molar-refractivity contribution in [2.24, 2.45) is 11.8 Å². The summed E-state index contributed by atoms with van der Waals surface area (Å²) in [6, 6.07) is 18.7. The zero-order valence-electron chi connectivity index (χ0n) is 15.8. The topological polar surface area (TPSA) is 32.7 Å². The van der Waals surface area contributed by atoms with Crippen molar-refractivity contribution in [2.45, 2.75) is 31.3 Å². The Hall–Kier alpha value is -1.84. The van der Waals surface area contributed by atoms with Gasteiger partial charge in [-0.1, -0.05) is 49.4 Å². The van der Waals surface area contributed by atoms with Crippen molar-refractivity contribution in [3.8, 4) is 5.75 Å². The largest absolute Gasteiger partial charge is 0.497 e. The summed E-state index contributed by atoms with van der Waals surface area (Å²) in [5.74, 6) is 2.56. The van der Waals surface area contributed by atoms with Gasteiger partial charge in [-0.15, -0.1) is 0 Å². The van der Waals surface area contributed by atoms with Gasteiger partial charge >= 0.3 is 0 Å². The number of rotatable bonds is 5. The Morgan fingerprint density at radius 1 is 1.08 bits per heavy atom. The molecule has 0 radical (unpaired) electrons. The molecule has 0 amide bonds. The molecular formula is C23H29NO2. The lowest BCUT2D eigenvalue weighted by atomic mass is 9.90. The van der Waals surface area contributed by atoms with Crippen molar-refractivity contribution in [1.82, 2.24) is 4.90 Å². The molecule has 3 nitrogen and oxygen atoms in total. The Kier molecular flexibility index (Phi) is 4.76. The molecular weight excluding hydrogens is 322 g/mol. The summed E-state index contributed by atoms with van der Waals surface area (Å²) in [6.07, 6.45) is 1.72. The quantitative estimate of drug-likeness (QED) is 0.883. The van der Waals surface area contributed by atoms with Gasteiger partial charge in [0.05, 0.1) is 12.7 Å². The van der Waals surface area contributed by atoms with Gasteiger partial charge in [0, 0.05) is 19.6 Å².